The highest BCUT2D eigenvalue weighted by Gasteiger charge is 2.07. The molecule has 0 saturated heterocycles. The number of carbonyl (C=O) groups excluding carboxylic acids is 1. The van der Waals surface area contributed by atoms with Crippen LogP contribution >= 0.6 is 0 Å². The summed E-state index contributed by atoms with van der Waals surface area (Å²) in [6, 6.07) is 11.7. The Morgan fingerprint density at radius 3 is 2.64 bits per heavy atom. The minimum Gasteiger partial charge on any atom is -0.497 e. The van der Waals surface area contributed by atoms with E-state index in [1.165, 1.54) is 5.56 Å². The van der Waals surface area contributed by atoms with Gasteiger partial charge in [0.15, 0.2) is 0 Å². The number of ether oxygens (including phenoxy) is 2. The van der Waals surface area contributed by atoms with E-state index in [4.69, 9.17) is 9.47 Å². The van der Waals surface area contributed by atoms with Gasteiger partial charge < -0.3 is 14.8 Å². The van der Waals surface area contributed by atoms with Gasteiger partial charge in [-0.15, -0.1) is 0 Å². The highest BCUT2D eigenvalue weighted by atomic mass is 16.5. The molecule has 0 bridgehead atoms. The molecule has 0 aromatic heterocycles. The average Bonchev–Trinajstić information content (AvgIpc) is 2.54. The average molecular weight is 299 g/mol. The van der Waals surface area contributed by atoms with Gasteiger partial charge in [-0.1, -0.05) is 19.1 Å². The molecule has 0 spiro atoms. The van der Waals surface area contributed by atoms with E-state index < -0.39 is 0 Å². The summed E-state index contributed by atoms with van der Waals surface area (Å²) in [6.45, 7) is 4.55. The topological polar surface area (TPSA) is 47.6 Å². The molecule has 0 aliphatic heterocycles. The zero-order valence-corrected chi connectivity index (χ0v) is 13.2. The van der Waals surface area contributed by atoms with Crippen LogP contribution in [0.25, 0.3) is 0 Å². The van der Waals surface area contributed by atoms with Crippen LogP contribution in [-0.2, 0) is 17.8 Å². The number of benzene rings is 2. The van der Waals surface area contributed by atoms with E-state index in [1.54, 1.807) is 13.2 Å². The third kappa shape index (κ3) is 3.79. The minimum atomic E-state index is 0.381. The quantitative estimate of drug-likeness (QED) is 0.793. The molecule has 0 saturated carbocycles. The number of hydrogen-bond acceptors (Lipinski definition) is 3. The van der Waals surface area contributed by atoms with Crippen LogP contribution in [0.4, 0.5) is 5.69 Å². The van der Waals surface area contributed by atoms with E-state index >= 15 is 0 Å². The van der Waals surface area contributed by atoms with Gasteiger partial charge in [-0.05, 0) is 42.7 Å². The molecule has 2 aromatic rings. The van der Waals surface area contributed by atoms with Crippen molar-refractivity contribution in [2.75, 3.05) is 12.4 Å². The molecule has 22 heavy (non-hydrogen) atoms. The van der Waals surface area contributed by atoms with Crippen molar-refractivity contribution in [3.05, 3.63) is 53.1 Å². The Hall–Kier alpha value is -2.49. The molecule has 0 radical (unpaired) electrons. The van der Waals surface area contributed by atoms with Crippen LogP contribution in [0.15, 0.2) is 36.4 Å². The van der Waals surface area contributed by atoms with Gasteiger partial charge in [0.25, 0.3) is 0 Å². The summed E-state index contributed by atoms with van der Waals surface area (Å²) in [5.41, 5.74) is 3.99. The summed E-state index contributed by atoms with van der Waals surface area (Å²) in [6.07, 6.45) is 1.66. The molecule has 1 amide bonds. The monoisotopic (exact) mass is 299 g/mol. The van der Waals surface area contributed by atoms with Crippen LogP contribution in [0, 0.1) is 6.92 Å². The molecule has 0 heterocycles. The second-order valence-electron chi connectivity index (χ2n) is 5.03. The number of methoxy groups -OCH3 is 1. The van der Waals surface area contributed by atoms with E-state index in [0.29, 0.717) is 24.5 Å². The van der Waals surface area contributed by atoms with Crippen molar-refractivity contribution in [1.82, 2.24) is 0 Å². The van der Waals surface area contributed by atoms with E-state index in [9.17, 15) is 4.79 Å². The van der Waals surface area contributed by atoms with Crippen LogP contribution in [0.3, 0.4) is 0 Å². The Balaban J connectivity index is 2.15. The first-order chi connectivity index (χ1) is 10.7. The van der Waals surface area contributed by atoms with Crippen molar-refractivity contribution >= 4 is 12.1 Å². The summed E-state index contributed by atoms with van der Waals surface area (Å²) in [5, 5.41) is 2.68. The largest absolute Gasteiger partial charge is 0.497 e. The van der Waals surface area contributed by atoms with Gasteiger partial charge in [0.05, 0.1) is 12.8 Å². The maximum absolute atomic E-state index is 10.7. The molecule has 2 aromatic carbocycles. The summed E-state index contributed by atoms with van der Waals surface area (Å²) in [4.78, 5) is 10.7. The fraction of sp³-hybridized carbons (Fsp3) is 0.278. The lowest BCUT2D eigenvalue weighted by atomic mass is 10.1. The maximum atomic E-state index is 10.7. The first-order valence-electron chi connectivity index (χ1n) is 7.27. The van der Waals surface area contributed by atoms with Crippen LogP contribution in [-0.4, -0.2) is 13.5 Å². The lowest BCUT2D eigenvalue weighted by Gasteiger charge is -2.13. The highest BCUT2D eigenvalue weighted by Crippen LogP contribution is 2.25. The van der Waals surface area contributed by atoms with Gasteiger partial charge in [-0.25, -0.2) is 0 Å². The molecule has 1 N–H and O–H groups in total. The second-order valence-corrected chi connectivity index (χ2v) is 5.03. The van der Waals surface area contributed by atoms with Crippen LogP contribution < -0.4 is 14.8 Å². The van der Waals surface area contributed by atoms with Crippen molar-refractivity contribution in [2.24, 2.45) is 0 Å². The van der Waals surface area contributed by atoms with Crippen LogP contribution in [0.2, 0.25) is 0 Å². The van der Waals surface area contributed by atoms with E-state index in [0.717, 1.165) is 23.3 Å². The summed E-state index contributed by atoms with van der Waals surface area (Å²) < 4.78 is 11.1. The zero-order valence-electron chi connectivity index (χ0n) is 13.2. The standard InChI is InChI=1S/C18H21NO3/c1-4-14-5-8-18(13(2)9-14)22-11-15-6-7-16(21-3)10-17(15)19-12-20/h5-10,12H,4,11H2,1-3H3,(H,19,20). The molecule has 0 atom stereocenters. The SMILES string of the molecule is CCc1ccc(OCc2ccc(OC)cc2NC=O)c(C)c1. The Bertz CT molecular complexity index is 653. The molecule has 2 rings (SSSR count). The molecular formula is C18H21NO3. The second kappa shape index (κ2) is 7.50. The Kier molecular flexibility index (Phi) is 5.42. The lowest BCUT2D eigenvalue weighted by molar-refractivity contribution is -0.105. The highest BCUT2D eigenvalue weighted by molar-refractivity contribution is 5.74. The molecule has 0 unspecified atom stereocenters. The summed E-state index contributed by atoms with van der Waals surface area (Å²) in [7, 11) is 1.59. The fourth-order valence-corrected chi connectivity index (χ4v) is 2.26. The van der Waals surface area contributed by atoms with E-state index in [-0.39, 0.29) is 0 Å². The summed E-state index contributed by atoms with van der Waals surface area (Å²) >= 11 is 0. The van der Waals surface area contributed by atoms with Crippen molar-refractivity contribution in [1.29, 1.82) is 0 Å². The molecular weight excluding hydrogens is 278 g/mol. The predicted molar refractivity (Wildman–Crippen MR) is 87.6 cm³/mol. The van der Waals surface area contributed by atoms with Gasteiger partial charge in [0, 0.05) is 11.6 Å². The van der Waals surface area contributed by atoms with Gasteiger partial charge in [0.1, 0.15) is 18.1 Å². The minimum absolute atomic E-state index is 0.381. The smallest absolute Gasteiger partial charge is 0.211 e. The molecule has 0 fully saturated rings. The number of aryl methyl sites for hydroxylation is 2. The first-order valence-corrected chi connectivity index (χ1v) is 7.27. The van der Waals surface area contributed by atoms with E-state index in [1.807, 2.05) is 25.1 Å². The van der Waals surface area contributed by atoms with Crippen molar-refractivity contribution in [2.45, 2.75) is 26.9 Å². The molecule has 4 heteroatoms. The third-order valence-electron chi connectivity index (χ3n) is 3.56. The van der Waals surface area contributed by atoms with Crippen molar-refractivity contribution in [3.63, 3.8) is 0 Å². The number of hydrogen-bond donors (Lipinski definition) is 1. The van der Waals surface area contributed by atoms with Gasteiger partial charge in [-0.3, -0.25) is 4.79 Å². The lowest BCUT2D eigenvalue weighted by Crippen LogP contribution is -2.04. The Morgan fingerprint density at radius 1 is 1.18 bits per heavy atom. The molecule has 0 aliphatic rings. The number of anilines is 1. The van der Waals surface area contributed by atoms with E-state index in [2.05, 4.69) is 24.4 Å². The Labute approximate surface area is 131 Å². The number of nitrogens with one attached hydrogen (secondary N) is 1. The zero-order chi connectivity index (χ0) is 15.9. The predicted octanol–water partition coefficient (Wildman–Crippen LogP) is 3.71. The maximum Gasteiger partial charge on any atom is 0.211 e. The number of carbonyl (C=O) groups is 1. The normalized spacial score (nSPS) is 10.1. The van der Waals surface area contributed by atoms with Crippen molar-refractivity contribution < 1.29 is 14.3 Å². The van der Waals surface area contributed by atoms with Crippen molar-refractivity contribution in [3.8, 4) is 11.5 Å². The van der Waals surface area contributed by atoms with Gasteiger partial charge in [-0.2, -0.15) is 0 Å². The van der Waals surface area contributed by atoms with Crippen LogP contribution in [0.1, 0.15) is 23.6 Å². The van der Waals surface area contributed by atoms with Gasteiger partial charge in [0.2, 0.25) is 6.41 Å². The number of amides is 1. The van der Waals surface area contributed by atoms with Gasteiger partial charge >= 0.3 is 0 Å². The first kappa shape index (κ1) is 15.9. The third-order valence-corrected chi connectivity index (χ3v) is 3.56. The fourth-order valence-electron chi connectivity index (χ4n) is 2.26. The molecule has 116 valence electrons. The Morgan fingerprint density at radius 2 is 2.00 bits per heavy atom. The van der Waals surface area contributed by atoms with Crippen LogP contribution in [0.5, 0.6) is 11.5 Å². The number of rotatable bonds is 7. The molecule has 0 aliphatic carbocycles. The molecule has 4 nitrogen and oxygen atoms in total. The summed E-state index contributed by atoms with van der Waals surface area (Å²) in [5.74, 6) is 1.54.